The van der Waals surface area contributed by atoms with E-state index in [4.69, 9.17) is 0 Å². The summed E-state index contributed by atoms with van der Waals surface area (Å²) in [5.41, 5.74) is -0.0266. The monoisotopic (exact) mass is 292 g/mol. The maximum atomic E-state index is 12.3. The maximum absolute atomic E-state index is 12.3. The molecule has 2 atom stereocenters. The quantitative estimate of drug-likeness (QED) is 0.848. The number of aliphatic hydroxyl groups excluding tert-OH is 1. The van der Waals surface area contributed by atoms with Crippen LogP contribution in [-0.4, -0.2) is 24.5 Å². The molecule has 7 heteroatoms. The minimum atomic E-state index is -4.85. The van der Waals surface area contributed by atoms with Crippen LogP contribution in [0.5, 0.6) is 5.75 Å². The average molecular weight is 292 g/mol. The van der Waals surface area contributed by atoms with Gasteiger partial charge < -0.3 is 14.6 Å². The van der Waals surface area contributed by atoms with Crippen molar-refractivity contribution in [1.29, 1.82) is 0 Å². The Bertz CT molecular complexity index is 459. The molecule has 0 saturated carbocycles. The summed E-state index contributed by atoms with van der Waals surface area (Å²) in [5, 5.41) is 10.1. The minimum absolute atomic E-state index is 0.0266. The first kappa shape index (κ1) is 16.3. The van der Waals surface area contributed by atoms with Crippen LogP contribution in [0.1, 0.15) is 25.0 Å². The lowest BCUT2D eigenvalue weighted by Crippen LogP contribution is -2.20. The molecule has 0 spiro atoms. The number of benzene rings is 1. The predicted octanol–water partition coefficient (Wildman–Crippen LogP) is 2.82. The van der Waals surface area contributed by atoms with E-state index in [1.807, 2.05) is 0 Å². The molecule has 4 nitrogen and oxygen atoms in total. The lowest BCUT2D eigenvalue weighted by molar-refractivity contribution is -0.275. The van der Waals surface area contributed by atoms with Gasteiger partial charge in [0.1, 0.15) is 5.75 Å². The second-order valence-corrected chi connectivity index (χ2v) is 4.29. The number of methoxy groups -OCH3 is 1. The Morgan fingerprint density at radius 3 is 2.50 bits per heavy atom. The summed E-state index contributed by atoms with van der Waals surface area (Å²) < 4.78 is 45.1. The summed E-state index contributed by atoms with van der Waals surface area (Å²) in [6, 6.07) is 5.27. The maximum Gasteiger partial charge on any atom is 0.573 e. The number of alkyl halides is 3. The number of esters is 1. The summed E-state index contributed by atoms with van der Waals surface area (Å²) >= 11 is 0. The zero-order chi connectivity index (χ0) is 15.3. The van der Waals surface area contributed by atoms with Crippen molar-refractivity contribution in [2.24, 2.45) is 5.92 Å². The van der Waals surface area contributed by atoms with Gasteiger partial charge in [-0.2, -0.15) is 0 Å². The van der Waals surface area contributed by atoms with E-state index in [1.165, 1.54) is 32.2 Å². The summed E-state index contributed by atoms with van der Waals surface area (Å²) in [4.78, 5) is 11.1. The third kappa shape index (κ3) is 4.73. The van der Waals surface area contributed by atoms with Gasteiger partial charge >= 0.3 is 12.3 Å². The van der Waals surface area contributed by atoms with E-state index in [0.29, 0.717) is 0 Å². The highest BCUT2D eigenvalue weighted by Crippen LogP contribution is 2.34. The lowest BCUT2D eigenvalue weighted by Gasteiger charge is -2.21. The summed E-state index contributed by atoms with van der Waals surface area (Å²) in [7, 11) is 1.20. The summed E-state index contributed by atoms with van der Waals surface area (Å²) in [6.07, 6.45) is -6.23. The molecule has 1 rings (SSSR count). The Kier molecular flexibility index (Phi) is 5.38. The van der Waals surface area contributed by atoms with Gasteiger partial charge in [-0.05, 0) is 12.0 Å². The van der Waals surface area contributed by atoms with E-state index in [-0.39, 0.29) is 12.0 Å². The second kappa shape index (κ2) is 6.60. The van der Waals surface area contributed by atoms with Crippen molar-refractivity contribution in [1.82, 2.24) is 0 Å². The molecule has 0 amide bonds. The van der Waals surface area contributed by atoms with Crippen molar-refractivity contribution in [3.63, 3.8) is 0 Å². The molecule has 1 N–H and O–H groups in total. The molecule has 0 bridgehead atoms. The van der Waals surface area contributed by atoms with Crippen LogP contribution in [0, 0.1) is 5.92 Å². The first-order valence-electron chi connectivity index (χ1n) is 5.84. The standard InChI is InChI=1S/C13H15F3O4/c1-8(7-11(17)19-2)12(18)9-5-3-4-6-10(9)20-13(14,15)16/h3-6,8,12,18H,7H2,1-2H3. The molecule has 1 aromatic carbocycles. The number of halogens is 3. The number of carbonyl (C=O) groups is 1. The highest BCUT2D eigenvalue weighted by Gasteiger charge is 2.33. The summed E-state index contributed by atoms with van der Waals surface area (Å²) in [5.74, 6) is -1.64. The highest BCUT2D eigenvalue weighted by molar-refractivity contribution is 5.69. The predicted molar refractivity (Wildman–Crippen MR) is 63.9 cm³/mol. The van der Waals surface area contributed by atoms with E-state index >= 15 is 0 Å². The van der Waals surface area contributed by atoms with E-state index in [1.54, 1.807) is 0 Å². The smallest absolute Gasteiger partial charge is 0.469 e. The van der Waals surface area contributed by atoms with Crippen LogP contribution in [0.4, 0.5) is 13.2 Å². The first-order chi connectivity index (χ1) is 9.24. The van der Waals surface area contributed by atoms with Crippen LogP contribution >= 0.6 is 0 Å². The molecule has 0 fully saturated rings. The molecular weight excluding hydrogens is 277 g/mol. The molecular formula is C13H15F3O4. The molecule has 0 aromatic heterocycles. The van der Waals surface area contributed by atoms with Crippen molar-refractivity contribution in [3.8, 4) is 5.75 Å². The molecule has 2 unspecified atom stereocenters. The highest BCUT2D eigenvalue weighted by atomic mass is 19.4. The molecule has 0 saturated heterocycles. The van der Waals surface area contributed by atoms with Crippen LogP contribution in [0.25, 0.3) is 0 Å². The van der Waals surface area contributed by atoms with Crippen LogP contribution in [0.3, 0.4) is 0 Å². The average Bonchev–Trinajstić information content (AvgIpc) is 2.36. The zero-order valence-corrected chi connectivity index (χ0v) is 11.0. The lowest BCUT2D eigenvalue weighted by atomic mass is 9.94. The number of para-hydroxylation sites is 1. The Balaban J connectivity index is 2.92. The Morgan fingerprint density at radius 1 is 1.35 bits per heavy atom. The molecule has 1 aromatic rings. The number of aliphatic hydroxyl groups is 1. The van der Waals surface area contributed by atoms with E-state index in [2.05, 4.69) is 9.47 Å². The van der Waals surface area contributed by atoms with Crippen LogP contribution in [-0.2, 0) is 9.53 Å². The van der Waals surface area contributed by atoms with Gasteiger partial charge in [0.05, 0.1) is 19.6 Å². The third-order valence-electron chi connectivity index (χ3n) is 2.72. The number of ether oxygens (including phenoxy) is 2. The zero-order valence-electron chi connectivity index (χ0n) is 11.0. The molecule has 112 valence electrons. The first-order valence-corrected chi connectivity index (χ1v) is 5.84. The van der Waals surface area contributed by atoms with Gasteiger partial charge in [0.2, 0.25) is 0 Å². The molecule has 0 aliphatic carbocycles. The molecule has 0 aliphatic rings. The van der Waals surface area contributed by atoms with Crippen molar-refractivity contribution in [2.45, 2.75) is 25.8 Å². The summed E-state index contributed by atoms with van der Waals surface area (Å²) in [6.45, 7) is 1.53. The number of hydrogen-bond donors (Lipinski definition) is 1. The van der Waals surface area contributed by atoms with Gasteiger partial charge in [-0.25, -0.2) is 0 Å². The number of carbonyl (C=O) groups excluding carboxylic acids is 1. The van der Waals surface area contributed by atoms with Crippen molar-refractivity contribution in [3.05, 3.63) is 29.8 Å². The van der Waals surface area contributed by atoms with Crippen molar-refractivity contribution < 1.29 is 32.5 Å². The molecule has 0 heterocycles. The topological polar surface area (TPSA) is 55.8 Å². The van der Waals surface area contributed by atoms with Gasteiger partial charge in [0.25, 0.3) is 0 Å². The van der Waals surface area contributed by atoms with Crippen molar-refractivity contribution in [2.75, 3.05) is 7.11 Å². The Labute approximate surface area is 114 Å². The van der Waals surface area contributed by atoms with Gasteiger partial charge in [0.15, 0.2) is 0 Å². The van der Waals surface area contributed by atoms with Crippen LogP contribution < -0.4 is 4.74 Å². The van der Waals surface area contributed by atoms with E-state index in [0.717, 1.165) is 6.07 Å². The van der Waals surface area contributed by atoms with Crippen LogP contribution in [0.15, 0.2) is 24.3 Å². The third-order valence-corrected chi connectivity index (χ3v) is 2.72. The second-order valence-electron chi connectivity index (χ2n) is 4.29. The van der Waals surface area contributed by atoms with E-state index in [9.17, 15) is 23.1 Å². The van der Waals surface area contributed by atoms with Gasteiger partial charge in [-0.15, -0.1) is 13.2 Å². The van der Waals surface area contributed by atoms with Gasteiger partial charge in [-0.3, -0.25) is 4.79 Å². The number of hydrogen-bond acceptors (Lipinski definition) is 4. The molecule has 0 aliphatic heterocycles. The largest absolute Gasteiger partial charge is 0.573 e. The minimum Gasteiger partial charge on any atom is -0.469 e. The molecule has 0 radical (unpaired) electrons. The number of rotatable bonds is 5. The fraction of sp³-hybridized carbons (Fsp3) is 0.462. The fourth-order valence-corrected chi connectivity index (χ4v) is 1.71. The van der Waals surface area contributed by atoms with Gasteiger partial charge in [-0.1, -0.05) is 25.1 Å². The SMILES string of the molecule is COC(=O)CC(C)C(O)c1ccccc1OC(F)(F)F. The van der Waals surface area contributed by atoms with Crippen molar-refractivity contribution >= 4 is 5.97 Å². The molecule has 20 heavy (non-hydrogen) atoms. The van der Waals surface area contributed by atoms with E-state index < -0.39 is 30.1 Å². The van der Waals surface area contributed by atoms with Crippen LogP contribution in [0.2, 0.25) is 0 Å². The van der Waals surface area contributed by atoms with Gasteiger partial charge in [0, 0.05) is 5.56 Å². The fourth-order valence-electron chi connectivity index (χ4n) is 1.71. The normalized spacial score (nSPS) is 14.5. The Morgan fingerprint density at radius 2 is 1.95 bits per heavy atom. The Hall–Kier alpha value is -1.76.